The number of alkyl halides is 1. The Morgan fingerprint density at radius 2 is 1.79 bits per heavy atom. The van der Waals surface area contributed by atoms with Gasteiger partial charge in [-0.15, -0.1) is 11.6 Å². The average Bonchev–Trinajstić information content (AvgIpc) is 2.34. The van der Waals surface area contributed by atoms with Crippen molar-refractivity contribution in [3.8, 4) is 0 Å². The van der Waals surface area contributed by atoms with E-state index in [0.717, 1.165) is 32.1 Å². The molecule has 0 aromatic carbocycles. The zero-order valence-corrected chi connectivity index (χ0v) is 12.8. The van der Waals surface area contributed by atoms with Crippen molar-refractivity contribution >= 4 is 23.5 Å². The average molecular weight is 290 g/mol. The van der Waals surface area contributed by atoms with E-state index in [4.69, 9.17) is 16.3 Å². The summed E-state index contributed by atoms with van der Waals surface area (Å²) >= 11 is 5.70. The lowest BCUT2D eigenvalue weighted by Crippen LogP contribution is -2.46. The summed E-state index contributed by atoms with van der Waals surface area (Å²) in [6, 6.07) is 0. The third-order valence-corrected chi connectivity index (χ3v) is 3.74. The minimum absolute atomic E-state index is 0.00992. The van der Waals surface area contributed by atoms with Crippen LogP contribution in [0.1, 0.15) is 52.9 Å². The largest absolute Gasteiger partial charge is 0.444 e. The maximum absolute atomic E-state index is 12.1. The number of halogens is 1. The van der Waals surface area contributed by atoms with Gasteiger partial charge in [-0.05, 0) is 33.6 Å². The summed E-state index contributed by atoms with van der Waals surface area (Å²) in [7, 11) is 0. The first-order valence-electron chi connectivity index (χ1n) is 6.85. The molecule has 1 aliphatic rings. The Morgan fingerprint density at radius 3 is 2.26 bits per heavy atom. The number of ether oxygens (including phenoxy) is 1. The fraction of sp³-hybridized carbons (Fsp3) is 0.857. The SMILES string of the molecule is CC(C)(C)OC(=O)NCC1(C(=O)CCl)CCCCC1. The molecule has 0 unspecified atom stereocenters. The Hall–Kier alpha value is -0.770. The Kier molecular flexibility index (Phi) is 5.65. The van der Waals surface area contributed by atoms with Gasteiger partial charge in [-0.2, -0.15) is 0 Å². The maximum atomic E-state index is 12.1. The second-order valence-corrected chi connectivity index (χ2v) is 6.52. The number of ketones is 1. The molecule has 1 N–H and O–H groups in total. The van der Waals surface area contributed by atoms with Crippen molar-refractivity contribution in [1.82, 2.24) is 5.32 Å². The van der Waals surface area contributed by atoms with Crippen LogP contribution < -0.4 is 5.32 Å². The van der Waals surface area contributed by atoms with Crippen molar-refractivity contribution in [2.45, 2.75) is 58.5 Å². The van der Waals surface area contributed by atoms with Gasteiger partial charge in [-0.1, -0.05) is 19.3 Å². The molecule has 0 saturated heterocycles. The highest BCUT2D eigenvalue weighted by Crippen LogP contribution is 2.37. The van der Waals surface area contributed by atoms with Gasteiger partial charge >= 0.3 is 6.09 Å². The van der Waals surface area contributed by atoms with Crippen molar-refractivity contribution in [2.24, 2.45) is 5.41 Å². The number of amides is 1. The van der Waals surface area contributed by atoms with E-state index in [9.17, 15) is 9.59 Å². The van der Waals surface area contributed by atoms with Crippen LogP contribution in [0.5, 0.6) is 0 Å². The van der Waals surface area contributed by atoms with Crippen molar-refractivity contribution in [3.05, 3.63) is 0 Å². The third-order valence-electron chi connectivity index (χ3n) is 3.49. The molecule has 1 aliphatic carbocycles. The third kappa shape index (κ3) is 5.01. The first kappa shape index (κ1) is 16.3. The Bertz CT molecular complexity index is 330. The molecule has 0 aromatic heterocycles. The highest BCUT2D eigenvalue weighted by molar-refractivity contribution is 6.28. The molecule has 1 rings (SSSR count). The quantitative estimate of drug-likeness (QED) is 0.808. The van der Waals surface area contributed by atoms with Gasteiger partial charge in [0.1, 0.15) is 5.60 Å². The number of rotatable bonds is 4. The molecule has 1 fully saturated rings. The minimum atomic E-state index is -0.527. The molecule has 0 heterocycles. The van der Waals surface area contributed by atoms with Crippen LogP contribution in [0.4, 0.5) is 4.79 Å². The standard InChI is InChI=1S/C14H24ClNO3/c1-13(2,3)19-12(18)16-10-14(11(17)9-15)7-5-4-6-8-14/h4-10H2,1-3H3,(H,16,18). The van der Waals surface area contributed by atoms with Crippen LogP contribution in [-0.2, 0) is 9.53 Å². The summed E-state index contributed by atoms with van der Waals surface area (Å²) < 4.78 is 5.19. The topological polar surface area (TPSA) is 55.4 Å². The van der Waals surface area contributed by atoms with E-state index in [1.807, 2.05) is 20.8 Å². The molecular formula is C14H24ClNO3. The van der Waals surface area contributed by atoms with Crippen molar-refractivity contribution in [1.29, 1.82) is 0 Å². The first-order chi connectivity index (χ1) is 8.79. The van der Waals surface area contributed by atoms with E-state index < -0.39 is 17.1 Å². The van der Waals surface area contributed by atoms with Crippen LogP contribution in [0.3, 0.4) is 0 Å². The molecule has 19 heavy (non-hydrogen) atoms. The monoisotopic (exact) mass is 289 g/mol. The predicted molar refractivity (Wildman–Crippen MR) is 75.5 cm³/mol. The molecule has 4 nitrogen and oxygen atoms in total. The van der Waals surface area contributed by atoms with Gasteiger partial charge in [-0.3, -0.25) is 4.79 Å². The minimum Gasteiger partial charge on any atom is -0.444 e. The van der Waals surface area contributed by atoms with E-state index in [1.54, 1.807) is 0 Å². The molecule has 1 saturated carbocycles. The lowest BCUT2D eigenvalue weighted by Gasteiger charge is -2.35. The van der Waals surface area contributed by atoms with Gasteiger partial charge in [0.2, 0.25) is 0 Å². The normalized spacial score (nSPS) is 18.7. The number of Topliss-reactive ketones (excluding diaryl/α,β-unsaturated/α-hetero) is 1. The van der Waals surface area contributed by atoms with Crippen LogP contribution in [0.2, 0.25) is 0 Å². The summed E-state index contributed by atoms with van der Waals surface area (Å²) in [4.78, 5) is 23.7. The van der Waals surface area contributed by atoms with Crippen LogP contribution in [0.25, 0.3) is 0 Å². The molecule has 5 heteroatoms. The van der Waals surface area contributed by atoms with Gasteiger partial charge in [0.05, 0.1) is 5.88 Å². The summed E-state index contributed by atoms with van der Waals surface area (Å²) in [5.74, 6) is 0.0423. The lowest BCUT2D eigenvalue weighted by atomic mass is 9.71. The zero-order valence-electron chi connectivity index (χ0n) is 12.1. The van der Waals surface area contributed by atoms with Gasteiger partial charge in [0.25, 0.3) is 0 Å². The number of carbonyl (C=O) groups excluding carboxylic acids is 2. The van der Waals surface area contributed by atoms with Crippen LogP contribution in [0.15, 0.2) is 0 Å². The fourth-order valence-corrected chi connectivity index (χ4v) is 2.76. The number of nitrogens with one attached hydrogen (secondary N) is 1. The highest BCUT2D eigenvalue weighted by atomic mass is 35.5. The van der Waals surface area contributed by atoms with Crippen LogP contribution >= 0.6 is 11.6 Å². The summed E-state index contributed by atoms with van der Waals surface area (Å²) in [5, 5.41) is 2.72. The van der Waals surface area contributed by atoms with Crippen LogP contribution in [0, 0.1) is 5.41 Å². The molecule has 0 radical (unpaired) electrons. The Labute approximate surface area is 120 Å². The van der Waals surface area contributed by atoms with E-state index >= 15 is 0 Å². The summed E-state index contributed by atoms with van der Waals surface area (Å²) in [6.45, 7) is 5.76. The van der Waals surface area contributed by atoms with E-state index in [-0.39, 0.29) is 11.7 Å². The van der Waals surface area contributed by atoms with Gasteiger partial charge in [0.15, 0.2) is 5.78 Å². The molecular weight excluding hydrogens is 266 g/mol. The first-order valence-corrected chi connectivity index (χ1v) is 7.39. The second kappa shape index (κ2) is 6.60. The highest BCUT2D eigenvalue weighted by Gasteiger charge is 2.39. The molecule has 0 aromatic rings. The molecule has 0 spiro atoms. The fourth-order valence-electron chi connectivity index (χ4n) is 2.48. The number of carbonyl (C=O) groups is 2. The molecule has 110 valence electrons. The van der Waals surface area contributed by atoms with Gasteiger partial charge in [0, 0.05) is 12.0 Å². The van der Waals surface area contributed by atoms with E-state index in [0.29, 0.717) is 6.54 Å². The summed E-state index contributed by atoms with van der Waals surface area (Å²) in [6.07, 6.45) is 4.30. The number of hydrogen-bond acceptors (Lipinski definition) is 3. The number of hydrogen-bond donors (Lipinski definition) is 1. The molecule has 0 atom stereocenters. The zero-order chi connectivity index (χ0) is 14.5. The lowest BCUT2D eigenvalue weighted by molar-refractivity contribution is -0.127. The number of alkyl carbamates (subject to hydrolysis) is 1. The molecule has 1 amide bonds. The van der Waals surface area contributed by atoms with E-state index in [2.05, 4.69) is 5.32 Å². The second-order valence-electron chi connectivity index (χ2n) is 6.25. The maximum Gasteiger partial charge on any atom is 0.407 e. The Morgan fingerprint density at radius 1 is 1.21 bits per heavy atom. The van der Waals surface area contributed by atoms with Crippen molar-refractivity contribution < 1.29 is 14.3 Å². The molecule has 0 bridgehead atoms. The smallest absolute Gasteiger partial charge is 0.407 e. The van der Waals surface area contributed by atoms with E-state index in [1.165, 1.54) is 0 Å². The van der Waals surface area contributed by atoms with Gasteiger partial charge in [-0.25, -0.2) is 4.79 Å². The molecule has 0 aliphatic heterocycles. The Balaban J connectivity index is 2.59. The van der Waals surface area contributed by atoms with Crippen molar-refractivity contribution in [2.75, 3.05) is 12.4 Å². The predicted octanol–water partition coefficient (Wildman–Crippen LogP) is 3.27. The summed E-state index contributed by atoms with van der Waals surface area (Å²) in [5.41, 5.74) is -1.02. The van der Waals surface area contributed by atoms with Crippen molar-refractivity contribution in [3.63, 3.8) is 0 Å². The van der Waals surface area contributed by atoms with Gasteiger partial charge < -0.3 is 10.1 Å². The van der Waals surface area contributed by atoms with Crippen LogP contribution in [-0.4, -0.2) is 29.9 Å².